The molecule has 2 aromatic rings. The van der Waals surface area contributed by atoms with Gasteiger partial charge >= 0.3 is 0 Å². The average Bonchev–Trinajstić information content (AvgIpc) is 2.52. The molecule has 2 aromatic carbocycles. The summed E-state index contributed by atoms with van der Waals surface area (Å²) in [7, 11) is 0. The Hall–Kier alpha value is -2.29. The summed E-state index contributed by atoms with van der Waals surface area (Å²) in [6.45, 7) is 2.11. The highest BCUT2D eigenvalue weighted by atomic mass is 16.1. The van der Waals surface area contributed by atoms with Crippen molar-refractivity contribution in [1.82, 2.24) is 0 Å². The van der Waals surface area contributed by atoms with E-state index < -0.39 is 0 Å². The first-order valence-electron chi connectivity index (χ1n) is 7.42. The van der Waals surface area contributed by atoms with Crippen molar-refractivity contribution in [2.45, 2.75) is 32.2 Å². The molecule has 0 saturated carbocycles. The van der Waals surface area contributed by atoms with Crippen LogP contribution < -0.4 is 11.1 Å². The van der Waals surface area contributed by atoms with E-state index in [1.54, 1.807) is 0 Å². The molecule has 0 fully saturated rings. The lowest BCUT2D eigenvalue weighted by atomic mass is 10.0. The number of hydrogen-bond donors (Lipinski definition) is 2. The molecule has 1 amide bonds. The molecule has 0 aliphatic carbocycles. The topological polar surface area (TPSA) is 55.1 Å². The molecule has 110 valence electrons. The van der Waals surface area contributed by atoms with Crippen molar-refractivity contribution in [2.24, 2.45) is 5.73 Å². The lowest BCUT2D eigenvalue weighted by Crippen LogP contribution is -2.35. The van der Waals surface area contributed by atoms with Gasteiger partial charge in [-0.15, -0.1) is 0 Å². The quantitative estimate of drug-likeness (QED) is 0.811. The Kier molecular flexibility index (Phi) is 5.38. The Morgan fingerprint density at radius 3 is 2.48 bits per heavy atom. The van der Waals surface area contributed by atoms with Crippen LogP contribution in [0.15, 0.2) is 54.6 Å². The number of nitrogens with one attached hydrogen (secondary N) is 1. The van der Waals surface area contributed by atoms with E-state index in [2.05, 4.69) is 36.5 Å². The van der Waals surface area contributed by atoms with Gasteiger partial charge in [-0.3, -0.25) is 4.79 Å². The third-order valence-electron chi connectivity index (χ3n) is 3.50. The van der Waals surface area contributed by atoms with Gasteiger partial charge in [-0.05, 0) is 29.7 Å². The number of carbonyl (C=O) groups is 1. The molecule has 2 rings (SSSR count). The molecular formula is C18H22N2O. The van der Waals surface area contributed by atoms with Crippen molar-refractivity contribution in [3.8, 4) is 11.1 Å². The zero-order valence-electron chi connectivity index (χ0n) is 12.4. The van der Waals surface area contributed by atoms with E-state index in [0.29, 0.717) is 0 Å². The molecular weight excluding hydrogens is 260 g/mol. The molecule has 1 atom stereocenters. The molecule has 0 radical (unpaired) electrons. The second-order valence-electron chi connectivity index (χ2n) is 5.19. The van der Waals surface area contributed by atoms with Crippen LogP contribution in [0.25, 0.3) is 11.1 Å². The second-order valence-corrected chi connectivity index (χ2v) is 5.19. The monoisotopic (exact) mass is 282 g/mol. The van der Waals surface area contributed by atoms with E-state index in [4.69, 9.17) is 5.73 Å². The van der Waals surface area contributed by atoms with Crippen molar-refractivity contribution >= 4 is 11.6 Å². The molecule has 3 heteroatoms. The summed E-state index contributed by atoms with van der Waals surface area (Å²) in [4.78, 5) is 11.5. The molecule has 0 aliphatic heterocycles. The summed E-state index contributed by atoms with van der Waals surface area (Å²) in [5, 5.41) is 3.25. The predicted octanol–water partition coefficient (Wildman–Crippen LogP) is 3.81. The summed E-state index contributed by atoms with van der Waals surface area (Å²) >= 11 is 0. The number of nitrogens with two attached hydrogens (primary N) is 1. The first kappa shape index (κ1) is 15.1. The van der Waals surface area contributed by atoms with Crippen LogP contribution in [0.2, 0.25) is 0 Å². The number of hydrogen-bond acceptors (Lipinski definition) is 2. The van der Waals surface area contributed by atoms with Gasteiger partial charge in [0.1, 0.15) is 6.04 Å². The first-order chi connectivity index (χ1) is 10.2. The van der Waals surface area contributed by atoms with E-state index in [9.17, 15) is 4.79 Å². The Balaban J connectivity index is 2.15. The van der Waals surface area contributed by atoms with E-state index in [0.717, 1.165) is 36.1 Å². The molecule has 1 unspecified atom stereocenters. The highest BCUT2D eigenvalue weighted by molar-refractivity contribution is 5.83. The minimum atomic E-state index is -0.309. The fourth-order valence-electron chi connectivity index (χ4n) is 2.31. The van der Waals surface area contributed by atoms with Crippen LogP contribution in [0.5, 0.6) is 0 Å². The van der Waals surface area contributed by atoms with Gasteiger partial charge in [-0.1, -0.05) is 62.2 Å². The van der Waals surface area contributed by atoms with Crippen LogP contribution in [0.1, 0.15) is 26.2 Å². The van der Waals surface area contributed by atoms with Crippen LogP contribution in [-0.4, -0.2) is 11.9 Å². The maximum absolute atomic E-state index is 11.5. The lowest BCUT2D eigenvalue weighted by Gasteiger charge is -2.17. The molecule has 0 aromatic heterocycles. The van der Waals surface area contributed by atoms with Gasteiger partial charge < -0.3 is 11.1 Å². The van der Waals surface area contributed by atoms with Gasteiger partial charge in [-0.2, -0.15) is 0 Å². The van der Waals surface area contributed by atoms with Gasteiger partial charge in [0.25, 0.3) is 0 Å². The average molecular weight is 282 g/mol. The number of unbranched alkanes of at least 4 members (excludes halogenated alkanes) is 1. The third-order valence-corrected chi connectivity index (χ3v) is 3.50. The normalized spacial score (nSPS) is 11.9. The van der Waals surface area contributed by atoms with E-state index in [-0.39, 0.29) is 11.9 Å². The summed E-state index contributed by atoms with van der Waals surface area (Å²) in [5.41, 5.74) is 8.68. The summed E-state index contributed by atoms with van der Waals surface area (Å²) < 4.78 is 0. The fraction of sp³-hybridized carbons (Fsp3) is 0.278. The number of benzene rings is 2. The number of anilines is 1. The van der Waals surface area contributed by atoms with Crippen LogP contribution in [0.3, 0.4) is 0 Å². The zero-order chi connectivity index (χ0) is 15.1. The standard InChI is InChI=1S/C18H22N2O/c1-2-3-12-17(18(19)21)20-16-11-7-10-15(13-16)14-8-5-4-6-9-14/h4-11,13,17,20H,2-3,12H2,1H3,(H2,19,21). The number of carbonyl (C=O) groups excluding carboxylic acids is 1. The van der Waals surface area contributed by atoms with Crippen molar-refractivity contribution in [1.29, 1.82) is 0 Å². The molecule has 0 aliphatic rings. The third kappa shape index (κ3) is 4.35. The van der Waals surface area contributed by atoms with Crippen LogP contribution in [-0.2, 0) is 4.79 Å². The number of rotatable bonds is 7. The molecule has 0 heterocycles. The summed E-state index contributed by atoms with van der Waals surface area (Å²) in [6, 6.07) is 17.9. The lowest BCUT2D eigenvalue weighted by molar-refractivity contribution is -0.118. The highest BCUT2D eigenvalue weighted by Crippen LogP contribution is 2.23. The maximum Gasteiger partial charge on any atom is 0.239 e. The summed E-state index contributed by atoms with van der Waals surface area (Å²) in [5.74, 6) is -0.298. The first-order valence-corrected chi connectivity index (χ1v) is 7.42. The number of amides is 1. The van der Waals surface area contributed by atoms with Crippen molar-refractivity contribution in [2.75, 3.05) is 5.32 Å². The maximum atomic E-state index is 11.5. The molecule has 0 bridgehead atoms. The minimum Gasteiger partial charge on any atom is -0.374 e. The smallest absolute Gasteiger partial charge is 0.239 e. The Morgan fingerprint density at radius 1 is 1.10 bits per heavy atom. The van der Waals surface area contributed by atoms with Gasteiger partial charge in [0.2, 0.25) is 5.91 Å². The molecule has 21 heavy (non-hydrogen) atoms. The van der Waals surface area contributed by atoms with E-state index >= 15 is 0 Å². The second kappa shape index (κ2) is 7.48. The number of primary amides is 1. The van der Waals surface area contributed by atoms with Crippen molar-refractivity contribution in [3.05, 3.63) is 54.6 Å². The van der Waals surface area contributed by atoms with E-state index in [1.165, 1.54) is 0 Å². The molecule has 0 saturated heterocycles. The summed E-state index contributed by atoms with van der Waals surface area (Å²) in [6.07, 6.45) is 2.80. The van der Waals surface area contributed by atoms with Gasteiger partial charge in [-0.25, -0.2) is 0 Å². The van der Waals surface area contributed by atoms with Gasteiger partial charge in [0.05, 0.1) is 0 Å². The Labute approximate surface area is 126 Å². The van der Waals surface area contributed by atoms with Crippen LogP contribution >= 0.6 is 0 Å². The zero-order valence-corrected chi connectivity index (χ0v) is 12.4. The SMILES string of the molecule is CCCCC(Nc1cccc(-c2ccccc2)c1)C(N)=O. The fourth-order valence-corrected chi connectivity index (χ4v) is 2.31. The molecule has 3 nitrogen and oxygen atoms in total. The molecule has 0 spiro atoms. The van der Waals surface area contributed by atoms with Gasteiger partial charge in [0.15, 0.2) is 0 Å². The predicted molar refractivity (Wildman–Crippen MR) is 88.0 cm³/mol. The van der Waals surface area contributed by atoms with Crippen molar-refractivity contribution in [3.63, 3.8) is 0 Å². The van der Waals surface area contributed by atoms with Crippen LogP contribution in [0.4, 0.5) is 5.69 Å². The van der Waals surface area contributed by atoms with Crippen molar-refractivity contribution < 1.29 is 4.79 Å². The van der Waals surface area contributed by atoms with Gasteiger partial charge in [0, 0.05) is 5.69 Å². The largest absolute Gasteiger partial charge is 0.374 e. The Morgan fingerprint density at radius 2 is 1.81 bits per heavy atom. The minimum absolute atomic E-state index is 0.298. The highest BCUT2D eigenvalue weighted by Gasteiger charge is 2.14. The Bertz CT molecular complexity index is 581. The van der Waals surface area contributed by atoms with Crippen LogP contribution in [0, 0.1) is 0 Å². The molecule has 3 N–H and O–H groups in total. The van der Waals surface area contributed by atoms with E-state index in [1.807, 2.05) is 30.3 Å².